The van der Waals surface area contributed by atoms with E-state index in [2.05, 4.69) is 5.32 Å². The Kier molecular flexibility index (Phi) is 4.02. The zero-order valence-corrected chi connectivity index (χ0v) is 10.7. The Morgan fingerprint density at radius 3 is 2.68 bits per heavy atom. The van der Waals surface area contributed by atoms with E-state index in [-0.39, 0.29) is 23.0 Å². The number of carbonyl (C=O) groups is 1. The first-order valence-corrected chi connectivity index (χ1v) is 6.02. The average molecular weight is 279 g/mol. The van der Waals surface area contributed by atoms with Crippen LogP contribution >= 0.6 is 11.6 Å². The zero-order valence-electron chi connectivity index (χ0n) is 9.99. The van der Waals surface area contributed by atoms with Crippen LogP contribution in [0.4, 0.5) is 10.1 Å². The highest BCUT2D eigenvalue weighted by molar-refractivity contribution is 6.30. The molecule has 3 N–H and O–H groups in total. The van der Waals surface area contributed by atoms with E-state index < -0.39 is 5.82 Å². The van der Waals surface area contributed by atoms with Crippen molar-refractivity contribution >= 4 is 23.2 Å². The Bertz CT molecular complexity index is 616. The maximum Gasteiger partial charge on any atom is 0.251 e. The van der Waals surface area contributed by atoms with Crippen LogP contribution in [0, 0.1) is 5.82 Å². The van der Waals surface area contributed by atoms with Gasteiger partial charge in [0.1, 0.15) is 5.82 Å². The summed E-state index contributed by atoms with van der Waals surface area (Å²) >= 11 is 5.56. The standard InChI is InChI=1S/C14H12ClFN2O/c15-11-6-5-9(7-12(11)16)14(19)18-8-10-3-1-2-4-13(10)17/h1-7H,8,17H2,(H,18,19). The number of para-hydroxylation sites is 1. The predicted molar refractivity (Wildman–Crippen MR) is 73.4 cm³/mol. The molecule has 0 saturated carbocycles. The molecule has 0 heterocycles. The molecule has 0 aliphatic carbocycles. The summed E-state index contributed by atoms with van der Waals surface area (Å²) in [4.78, 5) is 11.8. The number of amides is 1. The van der Waals surface area contributed by atoms with E-state index in [4.69, 9.17) is 17.3 Å². The fourth-order valence-electron chi connectivity index (χ4n) is 1.61. The van der Waals surface area contributed by atoms with Crippen molar-refractivity contribution in [2.45, 2.75) is 6.54 Å². The van der Waals surface area contributed by atoms with Gasteiger partial charge in [-0.1, -0.05) is 29.8 Å². The second-order valence-corrected chi connectivity index (χ2v) is 4.42. The summed E-state index contributed by atoms with van der Waals surface area (Å²) in [5.74, 6) is -0.993. The molecule has 2 aromatic carbocycles. The Hall–Kier alpha value is -2.07. The van der Waals surface area contributed by atoms with Crippen LogP contribution in [0.5, 0.6) is 0 Å². The van der Waals surface area contributed by atoms with E-state index in [9.17, 15) is 9.18 Å². The highest BCUT2D eigenvalue weighted by Gasteiger charge is 2.09. The molecule has 1 amide bonds. The van der Waals surface area contributed by atoms with Crippen molar-refractivity contribution in [3.63, 3.8) is 0 Å². The van der Waals surface area contributed by atoms with Gasteiger partial charge in [-0.25, -0.2) is 4.39 Å². The second kappa shape index (κ2) is 5.71. The van der Waals surface area contributed by atoms with Gasteiger partial charge in [0.05, 0.1) is 5.02 Å². The van der Waals surface area contributed by atoms with E-state index in [0.29, 0.717) is 5.69 Å². The van der Waals surface area contributed by atoms with Crippen LogP contribution in [-0.2, 0) is 6.54 Å². The third-order valence-corrected chi connectivity index (χ3v) is 2.98. The monoisotopic (exact) mass is 278 g/mol. The fraction of sp³-hybridized carbons (Fsp3) is 0.0714. The number of nitrogen functional groups attached to an aromatic ring is 1. The molecule has 0 unspecified atom stereocenters. The molecule has 3 nitrogen and oxygen atoms in total. The minimum atomic E-state index is -0.617. The number of hydrogen-bond donors (Lipinski definition) is 2. The molecule has 5 heteroatoms. The molecular weight excluding hydrogens is 267 g/mol. The van der Waals surface area contributed by atoms with E-state index in [0.717, 1.165) is 11.6 Å². The minimum Gasteiger partial charge on any atom is -0.398 e. The molecule has 2 rings (SSSR count). The third kappa shape index (κ3) is 3.23. The SMILES string of the molecule is Nc1ccccc1CNC(=O)c1ccc(Cl)c(F)c1. The molecule has 0 radical (unpaired) electrons. The van der Waals surface area contributed by atoms with Gasteiger partial charge in [0.2, 0.25) is 0 Å². The first-order chi connectivity index (χ1) is 9.08. The fourth-order valence-corrected chi connectivity index (χ4v) is 1.73. The Morgan fingerprint density at radius 2 is 2.00 bits per heavy atom. The second-order valence-electron chi connectivity index (χ2n) is 4.01. The Morgan fingerprint density at radius 1 is 1.26 bits per heavy atom. The molecular formula is C14H12ClFN2O. The van der Waals surface area contributed by atoms with Crippen LogP contribution in [0.1, 0.15) is 15.9 Å². The molecule has 0 bridgehead atoms. The summed E-state index contributed by atoms with van der Waals surface area (Å²) in [5, 5.41) is 2.66. The lowest BCUT2D eigenvalue weighted by atomic mass is 10.1. The minimum absolute atomic E-state index is 0.0103. The summed E-state index contributed by atoms with van der Waals surface area (Å²) in [6.07, 6.45) is 0. The van der Waals surface area contributed by atoms with Gasteiger partial charge >= 0.3 is 0 Å². The van der Waals surface area contributed by atoms with E-state index in [1.165, 1.54) is 12.1 Å². The lowest BCUT2D eigenvalue weighted by Gasteiger charge is -2.08. The maximum atomic E-state index is 13.2. The van der Waals surface area contributed by atoms with E-state index >= 15 is 0 Å². The van der Waals surface area contributed by atoms with Crippen molar-refractivity contribution in [1.29, 1.82) is 0 Å². The van der Waals surface area contributed by atoms with Crippen molar-refractivity contribution < 1.29 is 9.18 Å². The van der Waals surface area contributed by atoms with Gasteiger partial charge in [-0.3, -0.25) is 4.79 Å². The molecule has 19 heavy (non-hydrogen) atoms. The number of benzene rings is 2. The molecule has 0 atom stereocenters. The predicted octanol–water partition coefficient (Wildman–Crippen LogP) is 2.99. The molecule has 0 fully saturated rings. The van der Waals surface area contributed by atoms with Gasteiger partial charge < -0.3 is 11.1 Å². The molecule has 0 saturated heterocycles. The molecule has 0 aromatic heterocycles. The number of nitrogens with one attached hydrogen (secondary N) is 1. The molecule has 0 spiro atoms. The number of halogens is 2. The topological polar surface area (TPSA) is 55.1 Å². The molecule has 0 aliphatic heterocycles. The average Bonchev–Trinajstić information content (AvgIpc) is 2.40. The third-order valence-electron chi connectivity index (χ3n) is 2.68. The van der Waals surface area contributed by atoms with Crippen molar-refractivity contribution in [1.82, 2.24) is 5.32 Å². The highest BCUT2D eigenvalue weighted by Crippen LogP contribution is 2.16. The summed E-state index contributed by atoms with van der Waals surface area (Å²) < 4.78 is 13.2. The molecule has 2 aromatic rings. The van der Waals surface area contributed by atoms with Gasteiger partial charge in [-0.2, -0.15) is 0 Å². The summed E-state index contributed by atoms with van der Waals surface area (Å²) in [6.45, 7) is 0.287. The smallest absolute Gasteiger partial charge is 0.251 e. The summed E-state index contributed by atoms with van der Waals surface area (Å²) in [5.41, 5.74) is 7.39. The zero-order chi connectivity index (χ0) is 13.8. The number of hydrogen-bond acceptors (Lipinski definition) is 2. The van der Waals surface area contributed by atoms with Crippen LogP contribution in [0.15, 0.2) is 42.5 Å². The first-order valence-electron chi connectivity index (χ1n) is 5.64. The normalized spacial score (nSPS) is 10.2. The summed E-state index contributed by atoms with van der Waals surface area (Å²) in [7, 11) is 0. The Labute approximate surface area is 115 Å². The highest BCUT2D eigenvalue weighted by atomic mass is 35.5. The number of rotatable bonds is 3. The van der Waals surface area contributed by atoms with Crippen LogP contribution in [0.2, 0.25) is 5.02 Å². The van der Waals surface area contributed by atoms with Gasteiger partial charge in [-0.15, -0.1) is 0 Å². The van der Waals surface area contributed by atoms with Crippen molar-refractivity contribution in [2.75, 3.05) is 5.73 Å². The van der Waals surface area contributed by atoms with Crippen LogP contribution in [0.25, 0.3) is 0 Å². The van der Waals surface area contributed by atoms with Crippen molar-refractivity contribution in [2.24, 2.45) is 0 Å². The molecule has 0 aliphatic rings. The maximum absolute atomic E-state index is 13.2. The van der Waals surface area contributed by atoms with E-state index in [1.54, 1.807) is 6.07 Å². The lowest BCUT2D eigenvalue weighted by molar-refractivity contribution is 0.0950. The number of nitrogens with two attached hydrogens (primary N) is 1. The Balaban J connectivity index is 2.05. The van der Waals surface area contributed by atoms with E-state index in [1.807, 2.05) is 18.2 Å². The van der Waals surface area contributed by atoms with Gasteiger partial charge in [-0.05, 0) is 29.8 Å². The van der Waals surface area contributed by atoms with Gasteiger partial charge in [0.15, 0.2) is 0 Å². The number of carbonyl (C=O) groups excluding carboxylic acids is 1. The van der Waals surface area contributed by atoms with Crippen molar-refractivity contribution in [3.05, 3.63) is 64.4 Å². The van der Waals surface area contributed by atoms with Crippen LogP contribution in [0.3, 0.4) is 0 Å². The largest absolute Gasteiger partial charge is 0.398 e. The first kappa shape index (κ1) is 13.4. The van der Waals surface area contributed by atoms with Crippen LogP contribution in [-0.4, -0.2) is 5.91 Å². The molecule has 98 valence electrons. The van der Waals surface area contributed by atoms with Crippen LogP contribution < -0.4 is 11.1 Å². The number of anilines is 1. The van der Waals surface area contributed by atoms with Crippen molar-refractivity contribution in [3.8, 4) is 0 Å². The van der Waals surface area contributed by atoms with Gasteiger partial charge in [0, 0.05) is 17.8 Å². The summed E-state index contributed by atoms with van der Waals surface area (Å²) in [6, 6.07) is 11.1. The quantitative estimate of drug-likeness (QED) is 0.848. The van der Waals surface area contributed by atoms with Gasteiger partial charge in [0.25, 0.3) is 5.91 Å². The lowest BCUT2D eigenvalue weighted by Crippen LogP contribution is -2.23.